The van der Waals surface area contributed by atoms with Gasteiger partial charge in [-0.2, -0.15) is 0 Å². The molecule has 1 radical (unpaired) electrons. The van der Waals surface area contributed by atoms with E-state index in [1.165, 1.54) is 6.20 Å². The first-order valence-electron chi connectivity index (χ1n) is 4.22. The second kappa shape index (κ2) is 4.93. The Morgan fingerprint density at radius 1 is 1.71 bits per heavy atom. The van der Waals surface area contributed by atoms with Crippen LogP contribution >= 0.6 is 11.6 Å². The molecule has 0 spiro atoms. The Bertz CT molecular complexity index is 330. The van der Waals surface area contributed by atoms with Crippen LogP contribution in [0, 0.1) is 0 Å². The largest absolute Gasteiger partial charge is 0.323 e. The van der Waals surface area contributed by atoms with E-state index in [4.69, 9.17) is 11.6 Å². The molecule has 1 unspecified atom stereocenters. The SMILES string of the molecule is CCC([O])NC(=O)c1ncccc1Cl. The fourth-order valence-corrected chi connectivity index (χ4v) is 1.08. The van der Waals surface area contributed by atoms with Gasteiger partial charge < -0.3 is 5.32 Å². The summed E-state index contributed by atoms with van der Waals surface area (Å²) in [6.45, 7) is 1.69. The summed E-state index contributed by atoms with van der Waals surface area (Å²) in [6, 6.07) is 3.17. The number of halogens is 1. The van der Waals surface area contributed by atoms with Gasteiger partial charge in [0.1, 0.15) is 5.69 Å². The van der Waals surface area contributed by atoms with E-state index in [2.05, 4.69) is 10.3 Å². The molecular weight excluding hydrogens is 204 g/mol. The number of rotatable bonds is 3. The first-order valence-corrected chi connectivity index (χ1v) is 4.60. The van der Waals surface area contributed by atoms with Crippen LogP contribution in [0.3, 0.4) is 0 Å². The minimum absolute atomic E-state index is 0.0865. The zero-order valence-electron chi connectivity index (χ0n) is 7.66. The van der Waals surface area contributed by atoms with Crippen LogP contribution in [0.25, 0.3) is 0 Å². The number of hydrogen-bond acceptors (Lipinski definition) is 2. The molecule has 5 heteroatoms. The number of amides is 1. The summed E-state index contributed by atoms with van der Waals surface area (Å²) in [4.78, 5) is 15.2. The predicted molar refractivity (Wildman–Crippen MR) is 51.5 cm³/mol. The first kappa shape index (κ1) is 10.9. The average molecular weight is 214 g/mol. The zero-order chi connectivity index (χ0) is 10.6. The molecule has 0 saturated carbocycles. The Morgan fingerprint density at radius 2 is 2.43 bits per heavy atom. The maximum Gasteiger partial charge on any atom is 0.273 e. The molecule has 0 aliphatic heterocycles. The maximum atomic E-state index is 11.4. The molecule has 0 saturated heterocycles. The number of carbonyl (C=O) groups excluding carboxylic acids is 1. The van der Waals surface area contributed by atoms with Gasteiger partial charge in [-0.05, 0) is 18.6 Å². The topological polar surface area (TPSA) is 61.9 Å². The Labute approximate surface area is 86.9 Å². The Hall–Kier alpha value is -1.13. The van der Waals surface area contributed by atoms with Gasteiger partial charge in [0.05, 0.1) is 5.02 Å². The summed E-state index contributed by atoms with van der Waals surface area (Å²) in [5.41, 5.74) is 0.0865. The van der Waals surface area contributed by atoms with Gasteiger partial charge in [-0.3, -0.25) is 4.79 Å². The van der Waals surface area contributed by atoms with Crippen molar-refractivity contribution in [1.29, 1.82) is 0 Å². The minimum atomic E-state index is -1.11. The second-order valence-electron chi connectivity index (χ2n) is 2.70. The third-order valence-electron chi connectivity index (χ3n) is 1.64. The molecule has 1 rings (SSSR count). The number of nitrogens with zero attached hydrogens (tertiary/aromatic N) is 1. The summed E-state index contributed by atoms with van der Waals surface area (Å²) in [5.74, 6) is -0.530. The molecule has 0 aliphatic carbocycles. The highest BCUT2D eigenvalue weighted by atomic mass is 35.5. The van der Waals surface area contributed by atoms with Crippen LogP contribution in [0.15, 0.2) is 18.3 Å². The molecule has 0 aliphatic rings. The van der Waals surface area contributed by atoms with Crippen molar-refractivity contribution < 1.29 is 9.90 Å². The number of carbonyl (C=O) groups is 1. The van der Waals surface area contributed by atoms with Crippen molar-refractivity contribution >= 4 is 17.5 Å². The third-order valence-corrected chi connectivity index (χ3v) is 1.94. The molecule has 1 heterocycles. The lowest BCUT2D eigenvalue weighted by Crippen LogP contribution is -2.33. The van der Waals surface area contributed by atoms with Gasteiger partial charge in [-0.1, -0.05) is 18.5 Å². The summed E-state index contributed by atoms with van der Waals surface area (Å²) < 4.78 is 0. The molecular formula is C9H10ClN2O2. The van der Waals surface area contributed by atoms with E-state index in [1.807, 2.05) is 0 Å². The van der Waals surface area contributed by atoms with Crippen LogP contribution in [0.4, 0.5) is 0 Å². The van der Waals surface area contributed by atoms with E-state index < -0.39 is 12.1 Å². The summed E-state index contributed by atoms with van der Waals surface area (Å²) in [7, 11) is 0. The molecule has 1 atom stereocenters. The van der Waals surface area contributed by atoms with Gasteiger partial charge in [-0.15, -0.1) is 0 Å². The number of hydrogen-bond donors (Lipinski definition) is 1. The molecule has 0 aromatic carbocycles. The van der Waals surface area contributed by atoms with Gasteiger partial charge in [-0.25, -0.2) is 10.1 Å². The molecule has 1 aromatic rings. The van der Waals surface area contributed by atoms with E-state index in [0.717, 1.165) is 0 Å². The van der Waals surface area contributed by atoms with E-state index in [1.54, 1.807) is 19.1 Å². The third kappa shape index (κ3) is 2.68. The van der Waals surface area contributed by atoms with Crippen molar-refractivity contribution in [3.05, 3.63) is 29.0 Å². The number of pyridine rings is 1. The normalized spacial score (nSPS) is 12.2. The predicted octanol–water partition coefficient (Wildman–Crippen LogP) is 1.63. The van der Waals surface area contributed by atoms with Crippen molar-refractivity contribution in [2.75, 3.05) is 0 Å². The molecule has 0 fully saturated rings. The summed E-state index contributed by atoms with van der Waals surface area (Å²) in [5, 5.41) is 13.5. The lowest BCUT2D eigenvalue weighted by molar-refractivity contribution is 0.0465. The quantitative estimate of drug-likeness (QED) is 0.776. The first-order chi connectivity index (χ1) is 6.65. The maximum absolute atomic E-state index is 11.4. The lowest BCUT2D eigenvalue weighted by atomic mass is 10.3. The molecule has 75 valence electrons. The van der Waals surface area contributed by atoms with Crippen molar-refractivity contribution in [2.24, 2.45) is 0 Å². The lowest BCUT2D eigenvalue weighted by Gasteiger charge is -2.08. The second-order valence-corrected chi connectivity index (χ2v) is 3.11. The van der Waals surface area contributed by atoms with Crippen LogP contribution in [-0.4, -0.2) is 17.1 Å². The van der Waals surface area contributed by atoms with Gasteiger partial charge in [0.15, 0.2) is 6.23 Å². The highest BCUT2D eigenvalue weighted by molar-refractivity contribution is 6.33. The van der Waals surface area contributed by atoms with Crippen molar-refractivity contribution in [3.8, 4) is 0 Å². The summed E-state index contributed by atoms with van der Waals surface area (Å²) >= 11 is 5.72. The molecule has 0 bridgehead atoms. The van der Waals surface area contributed by atoms with Crippen LogP contribution in [-0.2, 0) is 5.11 Å². The van der Waals surface area contributed by atoms with E-state index in [0.29, 0.717) is 6.42 Å². The van der Waals surface area contributed by atoms with Crippen LogP contribution in [0.2, 0.25) is 5.02 Å². The van der Waals surface area contributed by atoms with Crippen molar-refractivity contribution in [3.63, 3.8) is 0 Å². The van der Waals surface area contributed by atoms with Gasteiger partial charge >= 0.3 is 0 Å². The molecule has 1 aromatic heterocycles. The monoisotopic (exact) mass is 213 g/mol. The van der Waals surface area contributed by atoms with Crippen LogP contribution < -0.4 is 5.32 Å². The highest BCUT2D eigenvalue weighted by Crippen LogP contribution is 2.11. The number of nitrogens with one attached hydrogen (secondary N) is 1. The van der Waals surface area contributed by atoms with Gasteiger partial charge in [0, 0.05) is 6.20 Å². The average Bonchev–Trinajstić information content (AvgIpc) is 2.18. The van der Waals surface area contributed by atoms with Crippen LogP contribution in [0.5, 0.6) is 0 Å². The van der Waals surface area contributed by atoms with Crippen molar-refractivity contribution in [1.82, 2.24) is 10.3 Å². The minimum Gasteiger partial charge on any atom is -0.323 e. The zero-order valence-corrected chi connectivity index (χ0v) is 8.41. The van der Waals surface area contributed by atoms with Gasteiger partial charge in [0.2, 0.25) is 0 Å². The van der Waals surface area contributed by atoms with E-state index in [9.17, 15) is 9.90 Å². The summed E-state index contributed by atoms with van der Waals surface area (Å²) in [6.07, 6.45) is 0.670. The smallest absolute Gasteiger partial charge is 0.273 e. The standard InChI is InChI=1S/C9H10ClN2O2/c1-2-7(13)12-9(14)8-6(10)4-3-5-11-8/h3-5,7H,2H2,1H3,(H,12,14). The molecule has 1 N–H and O–H groups in total. The fraction of sp³-hybridized carbons (Fsp3) is 0.333. The Morgan fingerprint density at radius 3 is 3.00 bits per heavy atom. The highest BCUT2D eigenvalue weighted by Gasteiger charge is 2.14. The number of aromatic nitrogens is 1. The Balaban J connectivity index is 2.75. The Kier molecular flexibility index (Phi) is 3.85. The van der Waals surface area contributed by atoms with Crippen LogP contribution in [0.1, 0.15) is 23.8 Å². The van der Waals surface area contributed by atoms with Crippen molar-refractivity contribution in [2.45, 2.75) is 19.6 Å². The fourth-order valence-electron chi connectivity index (χ4n) is 0.869. The molecule has 14 heavy (non-hydrogen) atoms. The molecule has 1 amide bonds. The van der Waals surface area contributed by atoms with E-state index in [-0.39, 0.29) is 10.7 Å². The van der Waals surface area contributed by atoms with E-state index >= 15 is 0 Å². The molecule has 4 nitrogen and oxygen atoms in total. The van der Waals surface area contributed by atoms with Gasteiger partial charge in [0.25, 0.3) is 5.91 Å².